The van der Waals surface area contributed by atoms with Gasteiger partial charge in [0.25, 0.3) is 0 Å². The molecule has 0 aromatic heterocycles. The van der Waals surface area contributed by atoms with E-state index < -0.39 is 0 Å². The monoisotopic (exact) mass is 347 g/mol. The topological polar surface area (TPSA) is 55.3 Å². The van der Waals surface area contributed by atoms with Crippen LogP contribution in [0.15, 0.2) is 34.9 Å². The molecule has 3 heteroatoms. The molecule has 3 atom stereocenters. The van der Waals surface area contributed by atoms with Crippen LogP contribution in [0.25, 0.3) is 0 Å². The van der Waals surface area contributed by atoms with Gasteiger partial charge >= 0.3 is 0 Å². The second-order valence-corrected chi connectivity index (χ2v) is 8.20. The normalized spacial score (nSPS) is 25.4. The number of nitrogens with zero attached hydrogens (tertiary/aromatic N) is 1. The highest BCUT2D eigenvalue weighted by atomic mass is 15.1. The Kier molecular flexibility index (Phi) is 10.3. The van der Waals surface area contributed by atoms with Crippen LogP contribution in [0, 0.1) is 0 Å². The Balaban J connectivity index is 2.34. The summed E-state index contributed by atoms with van der Waals surface area (Å²) < 4.78 is 0. The van der Waals surface area contributed by atoms with Crippen molar-refractivity contribution >= 4 is 0 Å². The van der Waals surface area contributed by atoms with E-state index in [9.17, 15) is 0 Å². The number of nitrogens with two attached hydrogens (primary N) is 2. The van der Waals surface area contributed by atoms with Gasteiger partial charge in [-0.1, -0.05) is 34.9 Å². The van der Waals surface area contributed by atoms with Gasteiger partial charge in [0.05, 0.1) is 0 Å². The Labute approximate surface area is 156 Å². The van der Waals surface area contributed by atoms with Gasteiger partial charge in [0.2, 0.25) is 0 Å². The van der Waals surface area contributed by atoms with E-state index in [1.54, 1.807) is 0 Å². The predicted octanol–water partition coefficient (Wildman–Crippen LogP) is 4.54. The molecule has 0 aromatic rings. The third-order valence-electron chi connectivity index (χ3n) is 5.33. The number of rotatable bonds is 9. The number of allylic oxidation sites excluding steroid dienone is 5. The molecule has 1 fully saturated rings. The molecule has 0 radical (unpaired) electrons. The standard InChI is InChI=1S/C22H41N3/c1-17(2)8-6-9-18(3)10-7-11-19(4)14-15-25(5)22-16-20(23)12-13-21(22)24/h8,10,14,20-22H,6-7,9,11-13,15-16,23-24H2,1-5H3/b18-10+,19-14+. The quantitative estimate of drug-likeness (QED) is 0.602. The van der Waals surface area contributed by atoms with Gasteiger partial charge in [0.1, 0.15) is 0 Å². The Morgan fingerprint density at radius 2 is 1.52 bits per heavy atom. The zero-order valence-corrected chi connectivity index (χ0v) is 17.2. The maximum absolute atomic E-state index is 6.29. The minimum Gasteiger partial charge on any atom is -0.328 e. The van der Waals surface area contributed by atoms with E-state index in [-0.39, 0.29) is 6.04 Å². The van der Waals surface area contributed by atoms with Crippen LogP contribution in [0.2, 0.25) is 0 Å². The van der Waals surface area contributed by atoms with E-state index in [0.717, 1.165) is 45.1 Å². The van der Waals surface area contributed by atoms with E-state index in [1.807, 2.05) is 0 Å². The summed E-state index contributed by atoms with van der Waals surface area (Å²) in [5.74, 6) is 0. The SMILES string of the molecule is CC(C)=CCC/C(C)=C/CC/C(C)=C/CN(C)C1CC(N)CCC1N. The van der Waals surface area contributed by atoms with Crippen LogP contribution >= 0.6 is 0 Å². The van der Waals surface area contributed by atoms with Gasteiger partial charge < -0.3 is 11.5 Å². The second kappa shape index (κ2) is 11.7. The number of likely N-dealkylation sites (N-methyl/N-ethyl adjacent to an activating group) is 1. The average molecular weight is 348 g/mol. The van der Waals surface area contributed by atoms with Crippen molar-refractivity contribution in [1.82, 2.24) is 4.90 Å². The molecular formula is C22H41N3. The van der Waals surface area contributed by atoms with Crippen molar-refractivity contribution in [3.8, 4) is 0 Å². The first-order valence-corrected chi connectivity index (χ1v) is 9.95. The molecule has 1 aliphatic rings. The summed E-state index contributed by atoms with van der Waals surface area (Å²) in [4.78, 5) is 2.38. The van der Waals surface area contributed by atoms with Crippen LogP contribution in [-0.2, 0) is 0 Å². The predicted molar refractivity (Wildman–Crippen MR) is 112 cm³/mol. The lowest BCUT2D eigenvalue weighted by Gasteiger charge is -2.38. The molecule has 3 nitrogen and oxygen atoms in total. The summed E-state index contributed by atoms with van der Waals surface area (Å²) in [5.41, 5.74) is 16.8. The van der Waals surface area contributed by atoms with Gasteiger partial charge in [-0.05, 0) is 79.7 Å². The molecule has 1 aliphatic carbocycles. The maximum atomic E-state index is 6.29. The highest BCUT2D eigenvalue weighted by Crippen LogP contribution is 2.20. The molecule has 0 aliphatic heterocycles. The van der Waals surface area contributed by atoms with Crippen LogP contribution in [0.3, 0.4) is 0 Å². The van der Waals surface area contributed by atoms with Gasteiger partial charge in [0.15, 0.2) is 0 Å². The highest BCUT2D eigenvalue weighted by Gasteiger charge is 2.28. The Hall–Kier alpha value is -0.900. The first-order chi connectivity index (χ1) is 11.8. The maximum Gasteiger partial charge on any atom is 0.0262 e. The lowest BCUT2D eigenvalue weighted by atomic mass is 9.87. The van der Waals surface area contributed by atoms with E-state index in [2.05, 4.69) is 57.9 Å². The average Bonchev–Trinajstić information content (AvgIpc) is 2.54. The van der Waals surface area contributed by atoms with Crippen molar-refractivity contribution in [2.24, 2.45) is 11.5 Å². The van der Waals surface area contributed by atoms with E-state index in [0.29, 0.717) is 12.1 Å². The molecule has 0 aromatic carbocycles. The molecule has 0 spiro atoms. The summed E-state index contributed by atoms with van der Waals surface area (Å²) in [7, 11) is 2.18. The minimum absolute atomic E-state index is 0.268. The fraction of sp³-hybridized carbons (Fsp3) is 0.727. The molecule has 3 unspecified atom stereocenters. The zero-order valence-electron chi connectivity index (χ0n) is 17.2. The summed E-state index contributed by atoms with van der Waals surface area (Å²) in [6.07, 6.45) is 14.8. The third kappa shape index (κ3) is 9.39. The van der Waals surface area contributed by atoms with Crippen LogP contribution < -0.4 is 11.5 Å². The summed E-state index contributed by atoms with van der Waals surface area (Å²) >= 11 is 0. The summed E-state index contributed by atoms with van der Waals surface area (Å²) in [6.45, 7) is 9.79. The molecule has 4 N–H and O–H groups in total. The molecular weight excluding hydrogens is 306 g/mol. The smallest absolute Gasteiger partial charge is 0.0262 e. The molecule has 0 saturated heterocycles. The zero-order chi connectivity index (χ0) is 18.8. The minimum atomic E-state index is 0.268. The molecule has 0 amide bonds. The van der Waals surface area contributed by atoms with Crippen molar-refractivity contribution in [2.75, 3.05) is 13.6 Å². The lowest BCUT2D eigenvalue weighted by molar-refractivity contribution is 0.171. The third-order valence-corrected chi connectivity index (χ3v) is 5.33. The highest BCUT2D eigenvalue weighted by molar-refractivity contribution is 5.06. The van der Waals surface area contributed by atoms with Crippen LogP contribution in [0.1, 0.15) is 72.6 Å². The number of hydrogen-bond donors (Lipinski definition) is 2. The first kappa shape index (κ1) is 22.1. The van der Waals surface area contributed by atoms with E-state index in [4.69, 9.17) is 11.5 Å². The largest absolute Gasteiger partial charge is 0.328 e. The molecule has 144 valence electrons. The first-order valence-electron chi connectivity index (χ1n) is 9.95. The van der Waals surface area contributed by atoms with E-state index >= 15 is 0 Å². The lowest BCUT2D eigenvalue weighted by Crippen LogP contribution is -2.52. The second-order valence-electron chi connectivity index (χ2n) is 8.20. The fourth-order valence-corrected chi connectivity index (χ4v) is 3.48. The van der Waals surface area contributed by atoms with Gasteiger partial charge in [-0.2, -0.15) is 0 Å². The molecule has 0 bridgehead atoms. The van der Waals surface area contributed by atoms with Gasteiger partial charge in [-0.25, -0.2) is 0 Å². The van der Waals surface area contributed by atoms with Crippen LogP contribution in [0.4, 0.5) is 0 Å². The van der Waals surface area contributed by atoms with Crippen LogP contribution in [0.5, 0.6) is 0 Å². The van der Waals surface area contributed by atoms with Gasteiger partial charge in [0, 0.05) is 24.7 Å². The summed E-state index contributed by atoms with van der Waals surface area (Å²) in [5, 5.41) is 0. The Morgan fingerprint density at radius 1 is 0.920 bits per heavy atom. The van der Waals surface area contributed by atoms with Gasteiger partial charge in [-0.15, -0.1) is 0 Å². The van der Waals surface area contributed by atoms with Crippen molar-refractivity contribution in [1.29, 1.82) is 0 Å². The van der Waals surface area contributed by atoms with E-state index in [1.165, 1.54) is 23.1 Å². The fourth-order valence-electron chi connectivity index (χ4n) is 3.48. The van der Waals surface area contributed by atoms with Crippen molar-refractivity contribution in [3.63, 3.8) is 0 Å². The van der Waals surface area contributed by atoms with Crippen molar-refractivity contribution < 1.29 is 0 Å². The Morgan fingerprint density at radius 3 is 2.16 bits per heavy atom. The van der Waals surface area contributed by atoms with Crippen molar-refractivity contribution in [2.45, 2.75) is 90.8 Å². The Bertz CT molecular complexity index is 472. The molecule has 1 saturated carbocycles. The summed E-state index contributed by atoms with van der Waals surface area (Å²) in [6, 6.07) is 1.01. The molecule has 25 heavy (non-hydrogen) atoms. The molecule has 0 heterocycles. The number of hydrogen-bond acceptors (Lipinski definition) is 3. The molecule has 1 rings (SSSR count). The van der Waals surface area contributed by atoms with Gasteiger partial charge in [-0.3, -0.25) is 4.90 Å². The van der Waals surface area contributed by atoms with Crippen molar-refractivity contribution in [3.05, 3.63) is 34.9 Å². The van der Waals surface area contributed by atoms with Crippen LogP contribution in [-0.4, -0.2) is 36.6 Å².